The van der Waals surface area contributed by atoms with E-state index in [1.165, 1.54) is 0 Å². The van der Waals surface area contributed by atoms with E-state index in [1.54, 1.807) is 0 Å². The fourth-order valence-corrected chi connectivity index (χ4v) is 1.69. The smallest absolute Gasteiger partial charge is 0.481 e. The van der Waals surface area contributed by atoms with Crippen LogP contribution in [-0.4, -0.2) is 22.4 Å². The lowest BCUT2D eigenvalue weighted by Crippen LogP contribution is -2.23. The fourth-order valence-electron chi connectivity index (χ4n) is 1.46. The maximum absolute atomic E-state index is 12.7. The van der Waals surface area contributed by atoms with E-state index < -0.39 is 53.4 Å². The van der Waals surface area contributed by atoms with Gasteiger partial charge in [-0.05, 0) is 0 Å². The van der Waals surface area contributed by atoms with Gasteiger partial charge >= 0.3 is 18.5 Å². The predicted molar refractivity (Wildman–Crippen MR) is 56.8 cm³/mol. The van der Waals surface area contributed by atoms with Crippen molar-refractivity contribution >= 4 is 17.6 Å². The van der Waals surface area contributed by atoms with Crippen molar-refractivity contribution in [2.45, 2.75) is 24.8 Å². The number of carbonyl (C=O) groups is 1. The Labute approximate surface area is 118 Å². The molecule has 4 nitrogen and oxygen atoms in total. The summed E-state index contributed by atoms with van der Waals surface area (Å²) in [6.45, 7) is 0. The van der Waals surface area contributed by atoms with Crippen molar-refractivity contribution in [2.24, 2.45) is 0 Å². The number of aliphatic carboxylic acids is 1. The molecule has 1 aromatic heterocycles. The summed E-state index contributed by atoms with van der Waals surface area (Å²) in [6.07, 6.45) is -11.7. The van der Waals surface area contributed by atoms with Crippen molar-refractivity contribution in [3.63, 3.8) is 0 Å². The molecule has 21 heavy (non-hydrogen) atoms. The first-order valence-corrected chi connectivity index (χ1v) is 5.60. The number of halogens is 7. The second-order valence-electron chi connectivity index (χ2n) is 3.68. The van der Waals surface area contributed by atoms with E-state index in [0.717, 1.165) is 0 Å². The predicted octanol–water partition coefficient (Wildman–Crippen LogP) is 3.36. The first-order chi connectivity index (χ1) is 9.45. The molecule has 0 bridgehead atoms. The molecule has 0 saturated carbocycles. The molecular formula is C10H6ClF6NO3. The Hall–Kier alpha value is -1.71. The molecule has 0 amide bonds. The van der Waals surface area contributed by atoms with Crippen molar-refractivity contribution in [1.82, 2.24) is 4.98 Å². The number of hydrogen-bond donors (Lipinski definition) is 1. The van der Waals surface area contributed by atoms with Crippen molar-refractivity contribution in [3.8, 4) is 5.75 Å². The van der Waals surface area contributed by atoms with Crippen molar-refractivity contribution in [2.75, 3.05) is 0 Å². The highest BCUT2D eigenvalue weighted by Gasteiger charge is 2.42. The van der Waals surface area contributed by atoms with Gasteiger partial charge in [-0.1, -0.05) is 0 Å². The Morgan fingerprint density at radius 3 is 2.24 bits per heavy atom. The van der Waals surface area contributed by atoms with Crippen LogP contribution in [0.15, 0.2) is 6.20 Å². The van der Waals surface area contributed by atoms with Crippen LogP contribution in [0.2, 0.25) is 0 Å². The minimum atomic E-state index is -5.43. The van der Waals surface area contributed by atoms with Gasteiger partial charge in [0.05, 0.1) is 18.0 Å². The Morgan fingerprint density at radius 1 is 1.29 bits per heavy atom. The molecule has 0 unspecified atom stereocenters. The Bertz CT molecular complexity index is 543. The number of carboxylic acids is 1. The average molecular weight is 338 g/mol. The second-order valence-corrected chi connectivity index (χ2v) is 3.94. The summed E-state index contributed by atoms with van der Waals surface area (Å²) in [5.74, 6) is -3.88. The minimum absolute atomic E-state index is 0.115. The molecule has 0 spiro atoms. The summed E-state index contributed by atoms with van der Waals surface area (Å²) in [5, 5.41) is 8.61. The zero-order chi connectivity index (χ0) is 16.4. The van der Waals surface area contributed by atoms with E-state index in [1.807, 2.05) is 0 Å². The Kier molecular flexibility index (Phi) is 4.92. The Balaban J connectivity index is 3.57. The van der Waals surface area contributed by atoms with Gasteiger partial charge < -0.3 is 9.84 Å². The molecule has 0 aliphatic carbocycles. The third kappa shape index (κ3) is 4.66. The summed E-state index contributed by atoms with van der Waals surface area (Å²) < 4.78 is 78.3. The summed E-state index contributed by atoms with van der Waals surface area (Å²) in [5.41, 5.74) is -3.14. The summed E-state index contributed by atoms with van der Waals surface area (Å²) >= 11 is 5.35. The van der Waals surface area contributed by atoms with E-state index >= 15 is 0 Å². The number of aromatic nitrogens is 1. The molecule has 0 aromatic carbocycles. The molecule has 0 fully saturated rings. The van der Waals surface area contributed by atoms with Crippen LogP contribution in [0.5, 0.6) is 5.75 Å². The lowest BCUT2D eigenvalue weighted by molar-refractivity contribution is -0.276. The van der Waals surface area contributed by atoms with Crippen LogP contribution in [0.4, 0.5) is 26.3 Å². The topological polar surface area (TPSA) is 59.4 Å². The number of hydrogen-bond acceptors (Lipinski definition) is 3. The van der Waals surface area contributed by atoms with Crippen molar-refractivity contribution < 1.29 is 41.0 Å². The van der Waals surface area contributed by atoms with E-state index in [-0.39, 0.29) is 6.20 Å². The largest absolute Gasteiger partial charge is 0.573 e. The highest BCUT2D eigenvalue weighted by atomic mass is 35.5. The number of carboxylic acid groups (broad SMARTS) is 1. The SMILES string of the molecule is O=C(O)Cc1c(CCl)ncc(C(F)(F)F)c1OC(F)(F)F. The summed E-state index contributed by atoms with van der Waals surface area (Å²) in [4.78, 5) is 13.9. The third-order valence-corrected chi connectivity index (χ3v) is 2.45. The average Bonchev–Trinajstić information content (AvgIpc) is 2.27. The molecule has 118 valence electrons. The lowest BCUT2D eigenvalue weighted by atomic mass is 10.1. The standard InChI is InChI=1S/C10H6ClF6NO3/c11-2-6-4(1-7(19)20)8(21-10(15,16)17)5(3-18-6)9(12,13)14/h3H,1-2H2,(H,19,20). The number of alkyl halides is 7. The van der Waals surface area contributed by atoms with E-state index in [2.05, 4.69) is 9.72 Å². The first kappa shape index (κ1) is 17.3. The monoisotopic (exact) mass is 337 g/mol. The molecule has 0 aliphatic heterocycles. The number of ether oxygens (including phenoxy) is 1. The van der Waals surface area contributed by atoms with E-state index in [4.69, 9.17) is 16.7 Å². The van der Waals surface area contributed by atoms with E-state index in [9.17, 15) is 31.1 Å². The van der Waals surface area contributed by atoms with E-state index in [0.29, 0.717) is 0 Å². The number of pyridine rings is 1. The zero-order valence-corrected chi connectivity index (χ0v) is 10.6. The van der Waals surface area contributed by atoms with Crippen LogP contribution in [-0.2, 0) is 23.3 Å². The van der Waals surface area contributed by atoms with Crippen LogP contribution in [0.25, 0.3) is 0 Å². The fraction of sp³-hybridized carbons (Fsp3) is 0.400. The van der Waals surface area contributed by atoms with Gasteiger partial charge in [-0.3, -0.25) is 9.78 Å². The van der Waals surface area contributed by atoms with Gasteiger partial charge in [0.25, 0.3) is 0 Å². The molecule has 1 N–H and O–H groups in total. The van der Waals surface area contributed by atoms with Gasteiger partial charge in [-0.15, -0.1) is 24.8 Å². The van der Waals surface area contributed by atoms with Crippen molar-refractivity contribution in [1.29, 1.82) is 0 Å². The molecule has 0 saturated heterocycles. The molecular weight excluding hydrogens is 332 g/mol. The van der Waals surface area contributed by atoms with Crippen LogP contribution in [0, 0.1) is 0 Å². The van der Waals surface area contributed by atoms with Crippen LogP contribution >= 0.6 is 11.6 Å². The van der Waals surface area contributed by atoms with Crippen LogP contribution in [0.1, 0.15) is 16.8 Å². The summed E-state index contributed by atoms with van der Waals surface area (Å²) in [7, 11) is 0. The molecule has 0 aliphatic rings. The summed E-state index contributed by atoms with van der Waals surface area (Å²) in [6, 6.07) is 0. The first-order valence-electron chi connectivity index (χ1n) is 5.07. The van der Waals surface area contributed by atoms with Crippen LogP contribution in [0.3, 0.4) is 0 Å². The maximum Gasteiger partial charge on any atom is 0.573 e. The quantitative estimate of drug-likeness (QED) is 0.676. The molecule has 0 radical (unpaired) electrons. The molecule has 1 rings (SSSR count). The van der Waals surface area contributed by atoms with Crippen LogP contribution < -0.4 is 4.74 Å². The lowest BCUT2D eigenvalue weighted by Gasteiger charge is -2.19. The third-order valence-electron chi connectivity index (χ3n) is 2.19. The zero-order valence-electron chi connectivity index (χ0n) is 9.85. The minimum Gasteiger partial charge on any atom is -0.481 e. The van der Waals surface area contributed by atoms with Gasteiger partial charge in [0.1, 0.15) is 11.3 Å². The molecule has 11 heteroatoms. The van der Waals surface area contributed by atoms with Gasteiger partial charge in [-0.2, -0.15) is 13.2 Å². The second kappa shape index (κ2) is 5.96. The number of nitrogens with zero attached hydrogens (tertiary/aromatic N) is 1. The maximum atomic E-state index is 12.7. The normalized spacial score (nSPS) is 12.3. The van der Waals surface area contributed by atoms with Gasteiger partial charge in [-0.25, -0.2) is 0 Å². The van der Waals surface area contributed by atoms with Crippen molar-refractivity contribution in [3.05, 3.63) is 23.0 Å². The van der Waals surface area contributed by atoms with Gasteiger partial charge in [0.15, 0.2) is 0 Å². The highest BCUT2D eigenvalue weighted by Crippen LogP contribution is 2.41. The molecule has 1 heterocycles. The molecule has 0 atom stereocenters. The number of rotatable bonds is 4. The molecule has 1 aromatic rings. The Morgan fingerprint density at radius 2 is 1.86 bits per heavy atom. The van der Waals surface area contributed by atoms with Gasteiger partial charge in [0.2, 0.25) is 0 Å². The highest BCUT2D eigenvalue weighted by molar-refractivity contribution is 6.17. The van der Waals surface area contributed by atoms with Gasteiger partial charge in [0, 0.05) is 11.8 Å².